The molecule has 1 aromatic carbocycles. The van der Waals surface area contributed by atoms with Crippen LogP contribution < -0.4 is 5.73 Å². The van der Waals surface area contributed by atoms with E-state index in [0.717, 1.165) is 16.0 Å². The Morgan fingerprint density at radius 3 is 2.54 bits per heavy atom. The highest BCUT2D eigenvalue weighted by Gasteiger charge is 2.35. The van der Waals surface area contributed by atoms with Crippen molar-refractivity contribution in [3.8, 4) is 0 Å². The van der Waals surface area contributed by atoms with Gasteiger partial charge in [-0.1, -0.05) is 18.2 Å². The van der Waals surface area contributed by atoms with Crippen molar-refractivity contribution in [1.29, 1.82) is 0 Å². The lowest BCUT2D eigenvalue weighted by Crippen LogP contribution is -2.43. The number of sulfonamides is 1. The molecule has 0 amide bonds. The van der Waals surface area contributed by atoms with E-state index in [4.69, 9.17) is 10.5 Å². The van der Waals surface area contributed by atoms with Gasteiger partial charge in [-0.15, -0.1) is 23.7 Å². The molecule has 0 spiro atoms. The lowest BCUT2D eigenvalue weighted by Gasteiger charge is -2.29. The number of nitrogens with zero attached hydrogens (tertiary/aromatic N) is 1. The lowest BCUT2D eigenvalue weighted by atomic mass is 10.1. The van der Waals surface area contributed by atoms with Gasteiger partial charge in [0.15, 0.2) is 0 Å². The molecular weight excluding hydrogens is 372 g/mol. The number of carbonyl (C=O) groups excluding carboxylic acids is 1. The van der Waals surface area contributed by atoms with Crippen LogP contribution in [0.2, 0.25) is 0 Å². The van der Waals surface area contributed by atoms with Gasteiger partial charge < -0.3 is 10.5 Å². The first-order chi connectivity index (χ1) is 10.9. The number of carbonyl (C=O) groups is 1. The number of ether oxygens (including phenoxy) is 1. The van der Waals surface area contributed by atoms with E-state index in [9.17, 15) is 13.2 Å². The molecule has 0 unspecified atom stereocenters. The minimum atomic E-state index is -3.77. The molecule has 1 aliphatic heterocycles. The van der Waals surface area contributed by atoms with Crippen LogP contribution in [0.15, 0.2) is 29.2 Å². The van der Waals surface area contributed by atoms with Crippen LogP contribution in [0.1, 0.15) is 22.5 Å². The highest BCUT2D eigenvalue weighted by molar-refractivity contribution is 7.89. The first kappa shape index (κ1) is 19.1. The van der Waals surface area contributed by atoms with Gasteiger partial charge in [0.1, 0.15) is 9.77 Å². The minimum Gasteiger partial charge on any atom is -0.465 e. The van der Waals surface area contributed by atoms with Crippen LogP contribution in [0.5, 0.6) is 0 Å². The Balaban J connectivity index is 0.00000208. The topological polar surface area (TPSA) is 89.7 Å². The number of esters is 1. The maximum Gasteiger partial charge on any atom is 0.349 e. The lowest BCUT2D eigenvalue weighted by molar-refractivity contribution is 0.0602. The van der Waals surface area contributed by atoms with E-state index in [0.29, 0.717) is 31.3 Å². The van der Waals surface area contributed by atoms with Crippen LogP contribution in [0.4, 0.5) is 0 Å². The summed E-state index contributed by atoms with van der Waals surface area (Å²) >= 11 is 1.14. The Bertz CT molecular complexity index is 842. The van der Waals surface area contributed by atoms with Gasteiger partial charge in [0.05, 0.1) is 7.11 Å². The van der Waals surface area contributed by atoms with Gasteiger partial charge in [-0.25, -0.2) is 13.2 Å². The van der Waals surface area contributed by atoms with Crippen molar-refractivity contribution in [1.82, 2.24) is 4.31 Å². The molecule has 0 atom stereocenters. The fourth-order valence-corrected chi connectivity index (χ4v) is 5.99. The minimum absolute atomic E-state index is 0. The van der Waals surface area contributed by atoms with E-state index >= 15 is 0 Å². The molecule has 1 aliphatic rings. The standard InChI is InChI=1S/C15H18N2O4S2.ClH/c1-21-15(18)13-14(11-4-2-3-5-12(11)22-13)23(19,20)17-8-6-10(16)7-9-17;/h2-5,10H,6-9,16H2,1H3;1H. The number of fused-ring (bicyclic) bond motifs is 1. The Hall–Kier alpha value is -1.19. The zero-order chi connectivity index (χ0) is 16.6. The summed E-state index contributed by atoms with van der Waals surface area (Å²) in [5.41, 5.74) is 5.86. The summed E-state index contributed by atoms with van der Waals surface area (Å²) in [5.74, 6) is -0.626. The first-order valence-corrected chi connectivity index (χ1v) is 9.56. The van der Waals surface area contributed by atoms with Crippen molar-refractivity contribution < 1.29 is 17.9 Å². The number of halogens is 1. The van der Waals surface area contributed by atoms with Crippen LogP contribution in [-0.4, -0.2) is 44.9 Å². The van der Waals surface area contributed by atoms with Crippen molar-refractivity contribution in [2.24, 2.45) is 5.73 Å². The number of rotatable bonds is 3. The molecule has 2 heterocycles. The number of hydrogen-bond donors (Lipinski definition) is 1. The second kappa shape index (κ2) is 7.37. The Morgan fingerprint density at radius 1 is 1.29 bits per heavy atom. The third kappa shape index (κ3) is 3.29. The summed E-state index contributed by atoms with van der Waals surface area (Å²) in [6.45, 7) is 0.739. The van der Waals surface area contributed by atoms with Crippen LogP contribution in [0, 0.1) is 0 Å². The maximum atomic E-state index is 13.1. The van der Waals surface area contributed by atoms with E-state index in [1.807, 2.05) is 6.07 Å². The number of methoxy groups -OCH3 is 1. The van der Waals surface area contributed by atoms with Crippen molar-refractivity contribution in [2.45, 2.75) is 23.8 Å². The fraction of sp³-hybridized carbons (Fsp3) is 0.400. The van der Waals surface area contributed by atoms with Crippen LogP contribution in [-0.2, 0) is 14.8 Å². The molecule has 9 heteroatoms. The zero-order valence-corrected chi connectivity index (χ0v) is 15.5. The number of benzene rings is 1. The highest BCUT2D eigenvalue weighted by atomic mass is 35.5. The van der Waals surface area contributed by atoms with Crippen LogP contribution in [0.3, 0.4) is 0 Å². The van der Waals surface area contributed by atoms with Crippen molar-refractivity contribution in [3.63, 3.8) is 0 Å². The van der Waals surface area contributed by atoms with E-state index in [1.54, 1.807) is 18.2 Å². The molecular formula is C15H19ClN2O4S2. The normalized spacial score (nSPS) is 16.8. The molecule has 0 saturated carbocycles. The summed E-state index contributed by atoms with van der Waals surface area (Å²) < 4.78 is 33.1. The number of hydrogen-bond acceptors (Lipinski definition) is 6. The number of thiophene rings is 1. The third-order valence-electron chi connectivity index (χ3n) is 4.02. The van der Waals surface area contributed by atoms with Gasteiger partial charge in [0, 0.05) is 29.2 Å². The average Bonchev–Trinajstić information content (AvgIpc) is 2.94. The predicted molar refractivity (Wildman–Crippen MR) is 96.4 cm³/mol. The molecule has 3 rings (SSSR count). The molecule has 2 aromatic rings. The third-order valence-corrected chi connectivity index (χ3v) is 7.28. The maximum absolute atomic E-state index is 13.1. The second-order valence-corrected chi connectivity index (χ2v) is 8.42. The van der Waals surface area contributed by atoms with E-state index in [2.05, 4.69) is 0 Å². The molecule has 6 nitrogen and oxygen atoms in total. The van der Waals surface area contributed by atoms with Crippen molar-refractivity contribution in [2.75, 3.05) is 20.2 Å². The predicted octanol–water partition coefficient (Wildman–Crippen LogP) is 2.22. The molecule has 1 saturated heterocycles. The SMILES string of the molecule is COC(=O)c1sc2ccccc2c1S(=O)(=O)N1CCC(N)CC1.Cl. The molecule has 2 N–H and O–H groups in total. The number of nitrogens with two attached hydrogens (primary N) is 1. The molecule has 132 valence electrons. The summed E-state index contributed by atoms with van der Waals surface area (Å²) in [6.07, 6.45) is 1.24. The van der Waals surface area contributed by atoms with Gasteiger partial charge in [-0.2, -0.15) is 4.31 Å². The van der Waals surface area contributed by atoms with Gasteiger partial charge in [-0.3, -0.25) is 0 Å². The smallest absolute Gasteiger partial charge is 0.349 e. The van der Waals surface area contributed by atoms with Crippen molar-refractivity contribution >= 4 is 49.8 Å². The molecule has 24 heavy (non-hydrogen) atoms. The van der Waals surface area contributed by atoms with Gasteiger partial charge in [0.25, 0.3) is 0 Å². The van der Waals surface area contributed by atoms with Gasteiger partial charge in [0.2, 0.25) is 10.0 Å². The van der Waals surface area contributed by atoms with Crippen molar-refractivity contribution in [3.05, 3.63) is 29.1 Å². The van der Waals surface area contributed by atoms with E-state index in [1.165, 1.54) is 11.4 Å². The monoisotopic (exact) mass is 390 g/mol. The first-order valence-electron chi connectivity index (χ1n) is 7.30. The van der Waals surface area contributed by atoms with Crippen LogP contribution in [0.25, 0.3) is 10.1 Å². The van der Waals surface area contributed by atoms with Crippen LogP contribution >= 0.6 is 23.7 Å². The fourth-order valence-electron chi connectivity index (χ4n) is 2.75. The van der Waals surface area contributed by atoms with Gasteiger partial charge in [-0.05, 0) is 18.9 Å². The summed E-state index contributed by atoms with van der Waals surface area (Å²) in [7, 11) is -2.51. The highest BCUT2D eigenvalue weighted by Crippen LogP contribution is 2.37. The van der Waals surface area contributed by atoms with E-state index in [-0.39, 0.29) is 28.2 Å². The molecule has 1 aromatic heterocycles. The quantitative estimate of drug-likeness (QED) is 0.811. The summed E-state index contributed by atoms with van der Waals surface area (Å²) in [5, 5.41) is 0.563. The molecule has 0 radical (unpaired) electrons. The van der Waals surface area contributed by atoms with Gasteiger partial charge >= 0.3 is 5.97 Å². The summed E-state index contributed by atoms with van der Waals surface area (Å²) in [4.78, 5) is 12.3. The summed E-state index contributed by atoms with van der Waals surface area (Å²) in [6, 6.07) is 7.14. The van der Waals surface area contributed by atoms with E-state index < -0.39 is 16.0 Å². The zero-order valence-electron chi connectivity index (χ0n) is 13.1. The number of piperidine rings is 1. The second-order valence-electron chi connectivity index (χ2n) is 5.49. The Morgan fingerprint density at radius 2 is 1.92 bits per heavy atom. The molecule has 1 fully saturated rings. The largest absolute Gasteiger partial charge is 0.465 e. The average molecular weight is 391 g/mol. The molecule has 0 aliphatic carbocycles. The Kier molecular flexibility index (Phi) is 5.87. The Labute approximate surface area is 151 Å². The molecule has 0 bridgehead atoms.